The standard InChI is InChI=1S/C28H30BrN5O4/c1-28(2,3)38-27(36)31-13-12-30-15-22-23(29)16-32-25-24(22)26(35)34(18-33-25)20-10-7-11-21(14-20)37-17-19-8-5-4-6-9-19/h4-11,14,16,18,30H,12-13,15,17H2,1-3H3,(H,31,36). The van der Waals surface area contributed by atoms with Crippen LogP contribution in [-0.2, 0) is 17.9 Å². The van der Waals surface area contributed by atoms with E-state index in [1.165, 1.54) is 10.9 Å². The topological polar surface area (TPSA) is 107 Å². The molecule has 4 rings (SSSR count). The highest BCUT2D eigenvalue weighted by Gasteiger charge is 2.16. The molecule has 0 bridgehead atoms. The summed E-state index contributed by atoms with van der Waals surface area (Å²) in [4.78, 5) is 34.2. The van der Waals surface area contributed by atoms with Crippen molar-refractivity contribution in [2.24, 2.45) is 0 Å². The van der Waals surface area contributed by atoms with Gasteiger partial charge in [-0.25, -0.2) is 14.8 Å². The van der Waals surface area contributed by atoms with E-state index < -0.39 is 11.7 Å². The first kappa shape index (κ1) is 27.3. The third-order valence-electron chi connectivity index (χ3n) is 5.46. The Kier molecular flexibility index (Phi) is 8.75. The second kappa shape index (κ2) is 12.2. The van der Waals surface area contributed by atoms with E-state index in [1.807, 2.05) is 75.4 Å². The zero-order valence-corrected chi connectivity index (χ0v) is 23.1. The molecule has 2 heterocycles. The summed E-state index contributed by atoms with van der Waals surface area (Å²) in [5.74, 6) is 0.644. The number of amides is 1. The van der Waals surface area contributed by atoms with Crippen LogP contribution in [0.4, 0.5) is 4.79 Å². The normalized spacial score (nSPS) is 11.4. The lowest BCUT2D eigenvalue weighted by atomic mass is 10.1. The first-order valence-electron chi connectivity index (χ1n) is 12.2. The smallest absolute Gasteiger partial charge is 0.407 e. The highest BCUT2D eigenvalue weighted by molar-refractivity contribution is 9.10. The van der Waals surface area contributed by atoms with Crippen LogP contribution in [0.15, 0.2) is 76.4 Å². The van der Waals surface area contributed by atoms with Gasteiger partial charge in [0.1, 0.15) is 24.3 Å². The van der Waals surface area contributed by atoms with Crippen molar-refractivity contribution in [2.45, 2.75) is 39.5 Å². The Morgan fingerprint density at radius 2 is 1.84 bits per heavy atom. The van der Waals surface area contributed by atoms with Crippen LogP contribution in [-0.4, -0.2) is 39.3 Å². The van der Waals surface area contributed by atoms with Crippen LogP contribution in [0.25, 0.3) is 16.7 Å². The Morgan fingerprint density at radius 1 is 1.05 bits per heavy atom. The van der Waals surface area contributed by atoms with Gasteiger partial charge in [-0.1, -0.05) is 36.4 Å². The lowest BCUT2D eigenvalue weighted by Crippen LogP contribution is -2.36. The third kappa shape index (κ3) is 7.17. The molecule has 0 saturated heterocycles. The van der Waals surface area contributed by atoms with E-state index in [0.717, 1.165) is 11.1 Å². The highest BCUT2D eigenvalue weighted by atomic mass is 79.9. The van der Waals surface area contributed by atoms with Crippen LogP contribution >= 0.6 is 15.9 Å². The number of benzene rings is 2. The summed E-state index contributed by atoms with van der Waals surface area (Å²) in [5, 5.41) is 6.37. The van der Waals surface area contributed by atoms with Gasteiger partial charge in [-0.15, -0.1) is 0 Å². The summed E-state index contributed by atoms with van der Waals surface area (Å²) in [5.41, 5.74) is 1.98. The fraction of sp³-hybridized carbons (Fsp3) is 0.286. The van der Waals surface area contributed by atoms with Gasteiger partial charge >= 0.3 is 6.09 Å². The van der Waals surface area contributed by atoms with E-state index in [2.05, 4.69) is 36.5 Å². The molecule has 198 valence electrons. The Hall–Kier alpha value is -3.76. The second-order valence-electron chi connectivity index (χ2n) is 9.58. The lowest BCUT2D eigenvalue weighted by molar-refractivity contribution is 0.0528. The van der Waals surface area contributed by atoms with Gasteiger partial charge in [-0.05, 0) is 60.0 Å². The number of alkyl carbamates (subject to hydrolysis) is 1. The highest BCUT2D eigenvalue weighted by Crippen LogP contribution is 2.23. The van der Waals surface area contributed by atoms with Gasteiger partial charge in [0, 0.05) is 36.4 Å². The summed E-state index contributed by atoms with van der Waals surface area (Å²) in [6, 6.07) is 17.2. The molecule has 0 aliphatic carbocycles. The Bertz CT molecular complexity index is 1470. The fourth-order valence-corrected chi connectivity index (χ4v) is 4.16. The van der Waals surface area contributed by atoms with Gasteiger partial charge < -0.3 is 20.1 Å². The summed E-state index contributed by atoms with van der Waals surface area (Å²) in [7, 11) is 0. The van der Waals surface area contributed by atoms with Crippen molar-refractivity contribution in [3.63, 3.8) is 0 Å². The molecule has 2 aromatic carbocycles. The van der Waals surface area contributed by atoms with Gasteiger partial charge in [-0.3, -0.25) is 9.36 Å². The number of hydrogen-bond acceptors (Lipinski definition) is 7. The van der Waals surface area contributed by atoms with Crippen molar-refractivity contribution < 1.29 is 14.3 Å². The molecule has 0 aliphatic rings. The maximum atomic E-state index is 13.6. The molecule has 2 N–H and O–H groups in total. The number of hydrogen-bond donors (Lipinski definition) is 2. The van der Waals surface area contributed by atoms with Crippen molar-refractivity contribution in [2.75, 3.05) is 13.1 Å². The number of rotatable bonds is 9. The molecular weight excluding hydrogens is 550 g/mol. The minimum atomic E-state index is -0.557. The van der Waals surface area contributed by atoms with Gasteiger partial charge in [0.25, 0.3) is 5.56 Å². The first-order valence-corrected chi connectivity index (χ1v) is 13.0. The Balaban J connectivity index is 1.50. The fourth-order valence-electron chi connectivity index (χ4n) is 3.72. The van der Waals surface area contributed by atoms with Gasteiger partial charge in [0.2, 0.25) is 0 Å². The molecule has 1 amide bonds. The maximum Gasteiger partial charge on any atom is 0.407 e. The minimum Gasteiger partial charge on any atom is -0.489 e. The number of nitrogens with zero attached hydrogens (tertiary/aromatic N) is 3. The van der Waals surface area contributed by atoms with Crippen LogP contribution in [0.3, 0.4) is 0 Å². The van der Waals surface area contributed by atoms with Gasteiger partial charge in [0.05, 0.1) is 11.1 Å². The van der Waals surface area contributed by atoms with Gasteiger partial charge in [0.15, 0.2) is 5.65 Å². The van der Waals surface area contributed by atoms with Crippen LogP contribution in [0, 0.1) is 0 Å². The number of carbonyl (C=O) groups excluding carboxylic acids is 1. The predicted molar refractivity (Wildman–Crippen MR) is 150 cm³/mol. The molecule has 4 aromatic rings. The average molecular weight is 580 g/mol. The number of pyridine rings is 1. The zero-order chi connectivity index (χ0) is 27.1. The molecule has 0 unspecified atom stereocenters. The molecule has 0 saturated carbocycles. The van der Waals surface area contributed by atoms with Crippen LogP contribution in [0.2, 0.25) is 0 Å². The molecule has 0 spiro atoms. The summed E-state index contributed by atoms with van der Waals surface area (Å²) in [6.07, 6.45) is 2.63. The molecule has 0 aliphatic heterocycles. The number of fused-ring (bicyclic) bond motifs is 1. The monoisotopic (exact) mass is 579 g/mol. The molecule has 38 heavy (non-hydrogen) atoms. The number of carbonyl (C=O) groups is 1. The van der Waals surface area contributed by atoms with Crippen LogP contribution in [0.5, 0.6) is 5.75 Å². The molecule has 0 fully saturated rings. The summed E-state index contributed by atoms with van der Waals surface area (Å²) in [6.45, 7) is 7.07. The largest absolute Gasteiger partial charge is 0.489 e. The molecule has 0 atom stereocenters. The van der Waals surface area contributed by atoms with Crippen molar-refractivity contribution in [1.82, 2.24) is 25.2 Å². The first-order chi connectivity index (χ1) is 18.2. The van der Waals surface area contributed by atoms with Crippen LogP contribution in [0.1, 0.15) is 31.9 Å². The van der Waals surface area contributed by atoms with E-state index in [4.69, 9.17) is 9.47 Å². The Labute approximate surface area is 229 Å². The number of nitrogens with one attached hydrogen (secondary N) is 2. The van der Waals surface area contributed by atoms with Crippen molar-refractivity contribution in [3.05, 3.63) is 93.1 Å². The summed E-state index contributed by atoms with van der Waals surface area (Å²) < 4.78 is 13.4. The van der Waals surface area contributed by atoms with Gasteiger partial charge in [-0.2, -0.15) is 0 Å². The van der Waals surface area contributed by atoms with E-state index in [1.54, 1.807) is 6.20 Å². The molecule has 2 aromatic heterocycles. The minimum absolute atomic E-state index is 0.243. The molecule has 9 nitrogen and oxygen atoms in total. The van der Waals surface area contributed by atoms with E-state index in [-0.39, 0.29) is 5.56 Å². The maximum absolute atomic E-state index is 13.6. The Morgan fingerprint density at radius 3 is 2.61 bits per heavy atom. The third-order valence-corrected chi connectivity index (χ3v) is 6.14. The van der Waals surface area contributed by atoms with E-state index >= 15 is 0 Å². The summed E-state index contributed by atoms with van der Waals surface area (Å²) >= 11 is 3.52. The van der Waals surface area contributed by atoms with Crippen molar-refractivity contribution in [3.8, 4) is 11.4 Å². The predicted octanol–water partition coefficient (Wildman–Crippen LogP) is 4.74. The lowest BCUT2D eigenvalue weighted by Gasteiger charge is -2.19. The van der Waals surface area contributed by atoms with Crippen molar-refractivity contribution in [1.29, 1.82) is 0 Å². The molecular formula is C28H30BrN5O4. The number of ether oxygens (including phenoxy) is 2. The number of halogens is 1. The quantitative estimate of drug-likeness (QED) is 0.276. The second-order valence-corrected chi connectivity index (χ2v) is 10.4. The number of aromatic nitrogens is 3. The SMILES string of the molecule is CC(C)(C)OC(=O)NCCNCc1c(Br)cnc2ncn(-c3cccc(OCc4ccccc4)c3)c(=O)c12. The molecule has 10 heteroatoms. The van der Waals surface area contributed by atoms with E-state index in [9.17, 15) is 9.59 Å². The average Bonchev–Trinajstić information content (AvgIpc) is 2.88. The van der Waals surface area contributed by atoms with Crippen LogP contribution < -0.4 is 20.9 Å². The zero-order valence-electron chi connectivity index (χ0n) is 21.5. The molecule has 0 radical (unpaired) electrons. The van der Waals surface area contributed by atoms with Crippen molar-refractivity contribution >= 4 is 33.1 Å². The van der Waals surface area contributed by atoms with E-state index in [0.29, 0.717) is 53.2 Å².